The SMILES string of the molecule is CCC(O)(F)CC. The van der Waals surface area contributed by atoms with E-state index in [0.717, 1.165) is 0 Å². The van der Waals surface area contributed by atoms with Crippen molar-refractivity contribution in [2.45, 2.75) is 32.5 Å². The third-order valence-electron chi connectivity index (χ3n) is 1.08. The third kappa shape index (κ3) is 2.57. The van der Waals surface area contributed by atoms with Crippen LogP contribution in [0.3, 0.4) is 0 Å². The first-order valence-corrected chi connectivity index (χ1v) is 2.53. The smallest absolute Gasteiger partial charge is 0.206 e. The minimum atomic E-state index is -1.92. The maximum Gasteiger partial charge on any atom is 0.206 e. The van der Waals surface area contributed by atoms with E-state index in [1.54, 1.807) is 13.8 Å². The average molecular weight is 106 g/mol. The summed E-state index contributed by atoms with van der Waals surface area (Å²) in [6.07, 6.45) is 0.368. The molecule has 44 valence electrons. The second-order valence-corrected chi connectivity index (χ2v) is 1.63. The first-order chi connectivity index (χ1) is 3.12. The molecule has 0 aliphatic carbocycles. The summed E-state index contributed by atoms with van der Waals surface area (Å²) in [5, 5.41) is 8.47. The van der Waals surface area contributed by atoms with Gasteiger partial charge in [-0.3, -0.25) is 0 Å². The minimum Gasteiger partial charge on any atom is -0.362 e. The van der Waals surface area contributed by atoms with Crippen LogP contribution < -0.4 is 0 Å². The molecule has 7 heavy (non-hydrogen) atoms. The summed E-state index contributed by atoms with van der Waals surface area (Å²) in [7, 11) is 0. The van der Waals surface area contributed by atoms with E-state index in [0.29, 0.717) is 0 Å². The van der Waals surface area contributed by atoms with Crippen molar-refractivity contribution in [1.82, 2.24) is 0 Å². The number of alkyl halides is 1. The molecular weight excluding hydrogens is 95.1 g/mol. The summed E-state index contributed by atoms with van der Waals surface area (Å²) in [5.41, 5.74) is 0. The molecule has 0 saturated heterocycles. The van der Waals surface area contributed by atoms with E-state index in [1.165, 1.54) is 0 Å². The quantitative estimate of drug-likeness (QED) is 0.565. The molecule has 1 nitrogen and oxygen atoms in total. The van der Waals surface area contributed by atoms with Gasteiger partial charge < -0.3 is 5.11 Å². The van der Waals surface area contributed by atoms with Crippen molar-refractivity contribution in [2.24, 2.45) is 0 Å². The monoisotopic (exact) mass is 106 g/mol. The normalized spacial score (nSPS) is 12.0. The van der Waals surface area contributed by atoms with E-state index in [4.69, 9.17) is 5.11 Å². The molecule has 0 radical (unpaired) electrons. The number of rotatable bonds is 2. The topological polar surface area (TPSA) is 20.2 Å². The van der Waals surface area contributed by atoms with Crippen LogP contribution in [0.1, 0.15) is 26.7 Å². The molecule has 2 heteroatoms. The van der Waals surface area contributed by atoms with Gasteiger partial charge in [-0.2, -0.15) is 0 Å². The molecule has 0 unspecified atom stereocenters. The Balaban J connectivity index is 3.36. The van der Waals surface area contributed by atoms with Crippen molar-refractivity contribution in [3.05, 3.63) is 0 Å². The second kappa shape index (κ2) is 2.26. The van der Waals surface area contributed by atoms with Crippen LogP contribution in [0.25, 0.3) is 0 Å². The Morgan fingerprint density at radius 1 is 1.43 bits per heavy atom. The number of hydrogen-bond donors (Lipinski definition) is 1. The van der Waals surface area contributed by atoms with Crippen LogP contribution in [0.15, 0.2) is 0 Å². The maximum absolute atomic E-state index is 12.1. The lowest BCUT2D eigenvalue weighted by Crippen LogP contribution is -2.18. The molecule has 0 atom stereocenters. The van der Waals surface area contributed by atoms with Crippen molar-refractivity contribution in [2.75, 3.05) is 0 Å². The van der Waals surface area contributed by atoms with Gasteiger partial charge in [-0.25, -0.2) is 4.39 Å². The highest BCUT2D eigenvalue weighted by Crippen LogP contribution is 2.14. The van der Waals surface area contributed by atoms with Gasteiger partial charge in [0.05, 0.1) is 0 Å². The number of halogens is 1. The van der Waals surface area contributed by atoms with E-state index >= 15 is 0 Å². The summed E-state index contributed by atoms with van der Waals surface area (Å²) < 4.78 is 12.1. The zero-order chi connectivity index (χ0) is 5.91. The van der Waals surface area contributed by atoms with Gasteiger partial charge in [-0.05, 0) is 0 Å². The van der Waals surface area contributed by atoms with Crippen LogP contribution in [-0.4, -0.2) is 11.0 Å². The molecule has 0 aliphatic rings. The molecule has 0 rings (SSSR count). The molecule has 0 amide bonds. The van der Waals surface area contributed by atoms with Gasteiger partial charge in [0.2, 0.25) is 5.85 Å². The fourth-order valence-corrected chi connectivity index (χ4v) is 0.250. The third-order valence-corrected chi connectivity index (χ3v) is 1.08. The number of aliphatic hydroxyl groups is 1. The molecule has 0 saturated carbocycles. The Kier molecular flexibility index (Phi) is 2.23. The lowest BCUT2D eigenvalue weighted by molar-refractivity contribution is -0.0928. The van der Waals surface area contributed by atoms with Gasteiger partial charge in [0, 0.05) is 12.8 Å². The molecule has 0 aromatic rings. The molecule has 0 aliphatic heterocycles. The van der Waals surface area contributed by atoms with Crippen LogP contribution in [-0.2, 0) is 0 Å². The van der Waals surface area contributed by atoms with Crippen molar-refractivity contribution >= 4 is 0 Å². The highest BCUT2D eigenvalue weighted by atomic mass is 19.2. The van der Waals surface area contributed by atoms with Gasteiger partial charge >= 0.3 is 0 Å². The molecule has 0 aromatic heterocycles. The molecule has 0 aromatic carbocycles. The zero-order valence-electron chi connectivity index (χ0n) is 4.74. The van der Waals surface area contributed by atoms with E-state index in [-0.39, 0.29) is 12.8 Å². The summed E-state index contributed by atoms with van der Waals surface area (Å²) in [6.45, 7) is 3.23. The molecule has 0 fully saturated rings. The van der Waals surface area contributed by atoms with E-state index < -0.39 is 5.85 Å². The largest absolute Gasteiger partial charge is 0.362 e. The average Bonchev–Trinajstić information content (AvgIpc) is 1.68. The first kappa shape index (κ1) is 6.89. The van der Waals surface area contributed by atoms with Crippen molar-refractivity contribution in [3.8, 4) is 0 Å². The molecular formula is C5H11FO. The number of hydrogen-bond acceptors (Lipinski definition) is 1. The highest BCUT2D eigenvalue weighted by molar-refractivity contribution is 4.56. The standard InChI is InChI=1S/C5H11FO/c1-3-5(6,7)4-2/h7H,3-4H2,1-2H3. The van der Waals surface area contributed by atoms with Crippen molar-refractivity contribution < 1.29 is 9.50 Å². The van der Waals surface area contributed by atoms with Crippen LogP contribution in [0.4, 0.5) is 4.39 Å². The molecule has 0 bridgehead atoms. The van der Waals surface area contributed by atoms with Gasteiger partial charge in [0.15, 0.2) is 0 Å². The van der Waals surface area contributed by atoms with Crippen LogP contribution in [0.5, 0.6) is 0 Å². The van der Waals surface area contributed by atoms with Crippen LogP contribution in [0.2, 0.25) is 0 Å². The lowest BCUT2D eigenvalue weighted by atomic mass is 10.2. The Morgan fingerprint density at radius 2 is 1.71 bits per heavy atom. The van der Waals surface area contributed by atoms with E-state index in [2.05, 4.69) is 0 Å². The summed E-state index contributed by atoms with van der Waals surface area (Å²) in [4.78, 5) is 0. The van der Waals surface area contributed by atoms with Gasteiger partial charge in [-0.15, -0.1) is 0 Å². The fourth-order valence-electron chi connectivity index (χ4n) is 0.250. The Bertz CT molecular complexity index is 46.0. The maximum atomic E-state index is 12.1. The lowest BCUT2D eigenvalue weighted by Gasteiger charge is -2.11. The predicted molar refractivity (Wildman–Crippen MR) is 26.6 cm³/mol. The predicted octanol–water partition coefficient (Wildman–Crippen LogP) is 1.46. The summed E-state index contributed by atoms with van der Waals surface area (Å²) >= 11 is 0. The Labute approximate surface area is 43.2 Å². The van der Waals surface area contributed by atoms with Crippen LogP contribution >= 0.6 is 0 Å². The second-order valence-electron chi connectivity index (χ2n) is 1.63. The Hall–Kier alpha value is -0.110. The summed E-state index contributed by atoms with van der Waals surface area (Å²) in [6, 6.07) is 0. The minimum absolute atomic E-state index is 0.184. The van der Waals surface area contributed by atoms with Gasteiger partial charge in [0.1, 0.15) is 0 Å². The van der Waals surface area contributed by atoms with E-state index in [9.17, 15) is 4.39 Å². The molecule has 0 heterocycles. The highest BCUT2D eigenvalue weighted by Gasteiger charge is 2.18. The zero-order valence-corrected chi connectivity index (χ0v) is 4.74. The first-order valence-electron chi connectivity index (χ1n) is 2.53. The van der Waals surface area contributed by atoms with Gasteiger partial charge in [0.25, 0.3) is 0 Å². The van der Waals surface area contributed by atoms with Crippen molar-refractivity contribution in [3.63, 3.8) is 0 Å². The molecule has 1 N–H and O–H groups in total. The molecule has 0 spiro atoms. The Morgan fingerprint density at radius 3 is 1.71 bits per heavy atom. The van der Waals surface area contributed by atoms with E-state index in [1.807, 2.05) is 0 Å². The van der Waals surface area contributed by atoms with Crippen LogP contribution in [0, 0.1) is 0 Å². The van der Waals surface area contributed by atoms with Crippen molar-refractivity contribution in [1.29, 1.82) is 0 Å². The van der Waals surface area contributed by atoms with Gasteiger partial charge in [-0.1, -0.05) is 13.8 Å². The summed E-state index contributed by atoms with van der Waals surface area (Å²) in [5.74, 6) is -1.92. The fraction of sp³-hybridized carbons (Fsp3) is 1.00.